The van der Waals surface area contributed by atoms with Crippen LogP contribution in [0.25, 0.3) is 0 Å². The van der Waals surface area contributed by atoms with Crippen molar-refractivity contribution in [3.05, 3.63) is 0 Å². The molecular formula is C12H22N2O3. The zero-order chi connectivity index (χ0) is 12.1. The van der Waals surface area contributed by atoms with Gasteiger partial charge in [-0.15, -0.1) is 0 Å². The van der Waals surface area contributed by atoms with E-state index < -0.39 is 0 Å². The maximum Gasteiger partial charge on any atom is 0.224 e. The molecule has 2 heterocycles. The molecule has 0 aliphatic carbocycles. The number of nitrogens with one attached hydrogen (secondary N) is 1. The van der Waals surface area contributed by atoms with E-state index in [0.717, 1.165) is 32.5 Å². The molecule has 0 aromatic carbocycles. The van der Waals surface area contributed by atoms with Crippen LogP contribution in [-0.2, 0) is 9.53 Å². The van der Waals surface area contributed by atoms with Gasteiger partial charge in [0.05, 0.1) is 13.2 Å². The lowest BCUT2D eigenvalue weighted by Gasteiger charge is -2.33. The summed E-state index contributed by atoms with van der Waals surface area (Å²) in [5, 5.41) is 12.4. The van der Waals surface area contributed by atoms with E-state index in [1.165, 1.54) is 0 Å². The van der Waals surface area contributed by atoms with Crippen LogP contribution in [0, 0.1) is 5.92 Å². The van der Waals surface area contributed by atoms with Crippen LogP contribution in [0.4, 0.5) is 0 Å². The van der Waals surface area contributed by atoms with Gasteiger partial charge >= 0.3 is 0 Å². The van der Waals surface area contributed by atoms with E-state index in [0.29, 0.717) is 19.6 Å². The van der Waals surface area contributed by atoms with Gasteiger partial charge in [-0.2, -0.15) is 0 Å². The van der Waals surface area contributed by atoms with Crippen molar-refractivity contribution in [1.29, 1.82) is 0 Å². The second-order valence-electron chi connectivity index (χ2n) is 4.96. The largest absolute Gasteiger partial charge is 0.396 e. The zero-order valence-corrected chi connectivity index (χ0v) is 10.2. The number of hydrogen-bond donors (Lipinski definition) is 2. The summed E-state index contributed by atoms with van der Waals surface area (Å²) in [6.07, 6.45) is 2.55. The smallest absolute Gasteiger partial charge is 0.224 e. The first-order valence-electron chi connectivity index (χ1n) is 6.49. The molecule has 2 aliphatic rings. The highest BCUT2D eigenvalue weighted by Gasteiger charge is 2.25. The standard InChI is InChI=1S/C12H22N2O3/c15-8-10-2-1-4-14(7-10)12(16)6-11-9-17-5-3-13-11/h10-11,13,15H,1-9H2. The minimum Gasteiger partial charge on any atom is -0.396 e. The topological polar surface area (TPSA) is 61.8 Å². The lowest BCUT2D eigenvalue weighted by atomic mass is 9.98. The average Bonchev–Trinajstić information content (AvgIpc) is 2.40. The normalized spacial score (nSPS) is 30.3. The van der Waals surface area contributed by atoms with E-state index in [9.17, 15) is 4.79 Å². The first kappa shape index (κ1) is 12.8. The molecule has 2 fully saturated rings. The predicted octanol–water partition coefficient (Wildman–Crippen LogP) is -0.404. The number of nitrogens with zero attached hydrogens (tertiary/aromatic N) is 1. The summed E-state index contributed by atoms with van der Waals surface area (Å²) in [6.45, 7) is 3.93. The number of hydrogen-bond acceptors (Lipinski definition) is 4. The van der Waals surface area contributed by atoms with Crippen LogP contribution in [0.3, 0.4) is 0 Å². The van der Waals surface area contributed by atoms with Crippen LogP contribution >= 0.6 is 0 Å². The highest BCUT2D eigenvalue weighted by atomic mass is 16.5. The Kier molecular flexibility index (Phi) is 4.76. The van der Waals surface area contributed by atoms with E-state index in [2.05, 4.69) is 5.32 Å². The minimum atomic E-state index is 0.158. The number of likely N-dealkylation sites (tertiary alicyclic amines) is 1. The van der Waals surface area contributed by atoms with Crippen LogP contribution < -0.4 is 5.32 Å². The summed E-state index contributed by atoms with van der Waals surface area (Å²) in [4.78, 5) is 14.0. The second-order valence-corrected chi connectivity index (χ2v) is 4.96. The number of amides is 1. The van der Waals surface area contributed by atoms with Gasteiger partial charge in [0.1, 0.15) is 0 Å². The third-order valence-corrected chi connectivity index (χ3v) is 3.55. The Morgan fingerprint density at radius 2 is 2.41 bits per heavy atom. The summed E-state index contributed by atoms with van der Waals surface area (Å²) in [7, 11) is 0. The second kappa shape index (κ2) is 6.33. The van der Waals surface area contributed by atoms with Gasteiger partial charge in [0, 0.05) is 38.7 Å². The van der Waals surface area contributed by atoms with Gasteiger partial charge in [-0.05, 0) is 18.8 Å². The summed E-state index contributed by atoms with van der Waals surface area (Å²) < 4.78 is 5.34. The Labute approximate surface area is 102 Å². The molecular weight excluding hydrogens is 220 g/mol. The first-order chi connectivity index (χ1) is 8.29. The van der Waals surface area contributed by atoms with Crippen molar-refractivity contribution < 1.29 is 14.6 Å². The lowest BCUT2D eigenvalue weighted by Crippen LogP contribution is -2.47. The Morgan fingerprint density at radius 3 is 3.12 bits per heavy atom. The molecule has 0 spiro atoms. The van der Waals surface area contributed by atoms with Crippen LogP contribution in [0.15, 0.2) is 0 Å². The molecule has 0 aromatic heterocycles. The summed E-state index contributed by atoms with van der Waals surface area (Å²) in [5.74, 6) is 0.453. The van der Waals surface area contributed by atoms with Crippen LogP contribution in [0.1, 0.15) is 19.3 Å². The van der Waals surface area contributed by atoms with Crippen molar-refractivity contribution in [2.24, 2.45) is 5.92 Å². The van der Waals surface area contributed by atoms with E-state index in [1.807, 2.05) is 4.90 Å². The quantitative estimate of drug-likeness (QED) is 0.706. The molecule has 0 bridgehead atoms. The van der Waals surface area contributed by atoms with Gasteiger partial charge < -0.3 is 20.1 Å². The van der Waals surface area contributed by atoms with Crippen LogP contribution in [-0.4, -0.2) is 61.4 Å². The molecule has 0 radical (unpaired) electrons. The number of carbonyl (C=O) groups excluding carboxylic acids is 1. The Bertz CT molecular complexity index is 254. The Balaban J connectivity index is 1.78. The maximum atomic E-state index is 12.1. The molecule has 2 saturated heterocycles. The number of piperidine rings is 1. The minimum absolute atomic E-state index is 0.158. The number of aliphatic hydroxyl groups excluding tert-OH is 1. The molecule has 2 N–H and O–H groups in total. The number of ether oxygens (including phenoxy) is 1. The van der Waals surface area contributed by atoms with Gasteiger partial charge in [0.15, 0.2) is 0 Å². The van der Waals surface area contributed by atoms with E-state index in [-0.39, 0.29) is 24.5 Å². The van der Waals surface area contributed by atoms with Crippen molar-refractivity contribution in [3.63, 3.8) is 0 Å². The first-order valence-corrected chi connectivity index (χ1v) is 6.49. The third-order valence-electron chi connectivity index (χ3n) is 3.55. The van der Waals surface area contributed by atoms with Gasteiger partial charge in [-0.3, -0.25) is 4.79 Å². The highest BCUT2D eigenvalue weighted by molar-refractivity contribution is 5.77. The molecule has 2 unspecified atom stereocenters. The van der Waals surface area contributed by atoms with E-state index in [1.54, 1.807) is 0 Å². The molecule has 0 aromatic rings. The Hall–Kier alpha value is -0.650. The van der Waals surface area contributed by atoms with E-state index >= 15 is 0 Å². The molecule has 5 heteroatoms. The molecule has 2 rings (SSSR count). The fourth-order valence-electron chi connectivity index (χ4n) is 2.53. The summed E-state index contributed by atoms with van der Waals surface area (Å²) >= 11 is 0. The van der Waals surface area contributed by atoms with Gasteiger partial charge in [0.2, 0.25) is 5.91 Å². The molecule has 1 amide bonds. The molecule has 17 heavy (non-hydrogen) atoms. The van der Waals surface area contributed by atoms with E-state index in [4.69, 9.17) is 9.84 Å². The molecule has 2 aliphatic heterocycles. The summed E-state index contributed by atoms with van der Waals surface area (Å²) in [5.41, 5.74) is 0. The SMILES string of the molecule is O=C(CC1COCCN1)N1CCCC(CO)C1. The van der Waals surface area contributed by atoms with Gasteiger partial charge in [-0.1, -0.05) is 0 Å². The molecule has 98 valence electrons. The third kappa shape index (κ3) is 3.66. The number of morpholine rings is 1. The van der Waals surface area contributed by atoms with Gasteiger partial charge in [0.25, 0.3) is 0 Å². The average molecular weight is 242 g/mol. The summed E-state index contributed by atoms with van der Waals surface area (Å²) in [6, 6.07) is 0.158. The lowest BCUT2D eigenvalue weighted by molar-refractivity contribution is -0.134. The number of carbonyl (C=O) groups is 1. The van der Waals surface area contributed by atoms with Crippen molar-refractivity contribution in [3.8, 4) is 0 Å². The zero-order valence-electron chi connectivity index (χ0n) is 10.2. The number of aliphatic hydroxyl groups is 1. The van der Waals surface area contributed by atoms with Crippen molar-refractivity contribution in [1.82, 2.24) is 10.2 Å². The van der Waals surface area contributed by atoms with Crippen LogP contribution in [0.5, 0.6) is 0 Å². The molecule has 5 nitrogen and oxygen atoms in total. The van der Waals surface area contributed by atoms with Gasteiger partial charge in [-0.25, -0.2) is 0 Å². The van der Waals surface area contributed by atoms with Crippen molar-refractivity contribution in [2.75, 3.05) is 39.5 Å². The van der Waals surface area contributed by atoms with Crippen molar-refractivity contribution in [2.45, 2.75) is 25.3 Å². The van der Waals surface area contributed by atoms with Crippen molar-refractivity contribution >= 4 is 5.91 Å². The number of rotatable bonds is 3. The van der Waals surface area contributed by atoms with Crippen LogP contribution in [0.2, 0.25) is 0 Å². The molecule has 0 saturated carbocycles. The fourth-order valence-corrected chi connectivity index (χ4v) is 2.53. The Morgan fingerprint density at radius 1 is 1.53 bits per heavy atom. The maximum absolute atomic E-state index is 12.1. The predicted molar refractivity (Wildman–Crippen MR) is 63.6 cm³/mol. The monoisotopic (exact) mass is 242 g/mol. The molecule has 2 atom stereocenters. The highest BCUT2D eigenvalue weighted by Crippen LogP contribution is 2.17. The fraction of sp³-hybridized carbons (Fsp3) is 0.917.